The van der Waals surface area contributed by atoms with Gasteiger partial charge in [0.25, 0.3) is 0 Å². The second-order valence-corrected chi connectivity index (χ2v) is 5.08. The summed E-state index contributed by atoms with van der Waals surface area (Å²) in [6.07, 6.45) is -0.00305. The number of nitrogens with zero attached hydrogens (tertiary/aromatic N) is 1. The molecule has 0 saturated carbocycles. The van der Waals surface area contributed by atoms with Gasteiger partial charge in [0.05, 0.1) is 17.9 Å². The van der Waals surface area contributed by atoms with Crippen molar-refractivity contribution in [2.75, 3.05) is 13.6 Å². The largest absolute Gasteiger partial charge is 0.481 e. The molecule has 1 heterocycles. The van der Waals surface area contributed by atoms with E-state index in [-0.39, 0.29) is 6.42 Å². The molecule has 0 aliphatic carbocycles. The van der Waals surface area contributed by atoms with Crippen LogP contribution in [0.5, 0.6) is 0 Å². The Morgan fingerprint density at radius 3 is 2.47 bits per heavy atom. The number of likely N-dealkylation sites (tertiary alicyclic amines) is 1. The zero-order valence-electron chi connectivity index (χ0n) is 10.7. The molecule has 1 saturated heterocycles. The zero-order chi connectivity index (χ0) is 14.0. The van der Waals surface area contributed by atoms with Gasteiger partial charge in [-0.3, -0.25) is 14.5 Å². The maximum atomic E-state index is 11.7. The SMILES string of the molecule is CN1CC[C@](CC(=O)O)(C(=O)O)[C@@H]1c1ccccc1. The average Bonchev–Trinajstić information content (AvgIpc) is 2.68. The van der Waals surface area contributed by atoms with Crippen molar-refractivity contribution in [2.45, 2.75) is 18.9 Å². The van der Waals surface area contributed by atoms with Gasteiger partial charge in [0.1, 0.15) is 0 Å². The van der Waals surface area contributed by atoms with Crippen molar-refractivity contribution in [1.29, 1.82) is 0 Å². The van der Waals surface area contributed by atoms with Crippen LogP contribution in [0.4, 0.5) is 0 Å². The lowest BCUT2D eigenvalue weighted by Crippen LogP contribution is -2.39. The molecule has 0 amide bonds. The molecule has 0 aromatic heterocycles. The molecular formula is C14H17NO4. The molecular weight excluding hydrogens is 246 g/mol. The van der Waals surface area contributed by atoms with Crippen LogP contribution < -0.4 is 0 Å². The predicted molar refractivity (Wildman–Crippen MR) is 68.8 cm³/mol. The molecule has 0 unspecified atom stereocenters. The summed E-state index contributed by atoms with van der Waals surface area (Å²) in [5.41, 5.74) is -0.395. The normalized spacial score (nSPS) is 27.3. The molecule has 5 heteroatoms. The first-order chi connectivity index (χ1) is 8.97. The molecule has 0 spiro atoms. The first kappa shape index (κ1) is 13.5. The highest BCUT2D eigenvalue weighted by atomic mass is 16.4. The molecule has 1 aromatic carbocycles. The molecule has 1 aromatic rings. The van der Waals surface area contributed by atoms with Gasteiger partial charge in [-0.25, -0.2) is 0 Å². The summed E-state index contributed by atoms with van der Waals surface area (Å²) in [6.45, 7) is 0.582. The number of aliphatic carboxylic acids is 2. The second kappa shape index (κ2) is 5.01. The Kier molecular flexibility index (Phi) is 3.57. The highest BCUT2D eigenvalue weighted by Crippen LogP contribution is 2.49. The first-order valence-electron chi connectivity index (χ1n) is 6.18. The molecule has 19 heavy (non-hydrogen) atoms. The number of carboxylic acid groups (broad SMARTS) is 2. The van der Waals surface area contributed by atoms with Gasteiger partial charge >= 0.3 is 11.9 Å². The molecule has 0 bridgehead atoms. The Bertz CT molecular complexity index is 487. The molecule has 1 aliphatic heterocycles. The van der Waals surface area contributed by atoms with E-state index in [0.29, 0.717) is 13.0 Å². The minimum absolute atomic E-state index is 0.352. The van der Waals surface area contributed by atoms with Crippen LogP contribution in [0.3, 0.4) is 0 Å². The summed E-state index contributed by atoms with van der Waals surface area (Å²) in [4.78, 5) is 24.7. The van der Waals surface area contributed by atoms with E-state index in [9.17, 15) is 14.7 Å². The smallest absolute Gasteiger partial charge is 0.312 e. The van der Waals surface area contributed by atoms with E-state index in [1.165, 1.54) is 0 Å². The quantitative estimate of drug-likeness (QED) is 0.863. The molecule has 1 fully saturated rings. The number of carboxylic acids is 2. The van der Waals surface area contributed by atoms with Crippen LogP contribution in [0.2, 0.25) is 0 Å². The second-order valence-electron chi connectivity index (χ2n) is 5.08. The third kappa shape index (κ3) is 2.33. The molecule has 2 atom stereocenters. The molecule has 1 aliphatic rings. The summed E-state index contributed by atoms with van der Waals surface area (Å²) < 4.78 is 0. The Hall–Kier alpha value is -1.88. The Labute approximate surface area is 111 Å². The van der Waals surface area contributed by atoms with E-state index in [1.54, 1.807) is 0 Å². The van der Waals surface area contributed by atoms with Gasteiger partial charge in [0.15, 0.2) is 0 Å². The number of rotatable bonds is 4. The molecule has 2 rings (SSSR count). The maximum absolute atomic E-state index is 11.7. The number of carbonyl (C=O) groups is 2. The van der Waals surface area contributed by atoms with Crippen LogP contribution in [0.25, 0.3) is 0 Å². The number of hydrogen-bond acceptors (Lipinski definition) is 3. The Balaban J connectivity index is 2.47. The van der Waals surface area contributed by atoms with Gasteiger partial charge in [-0.1, -0.05) is 30.3 Å². The lowest BCUT2D eigenvalue weighted by molar-refractivity contribution is -0.157. The molecule has 102 valence electrons. The number of hydrogen-bond donors (Lipinski definition) is 2. The van der Waals surface area contributed by atoms with Gasteiger partial charge < -0.3 is 10.2 Å². The van der Waals surface area contributed by atoms with Crippen LogP contribution in [0.1, 0.15) is 24.4 Å². The van der Waals surface area contributed by atoms with Crippen molar-refractivity contribution in [1.82, 2.24) is 4.90 Å². The van der Waals surface area contributed by atoms with Crippen molar-refractivity contribution in [3.05, 3.63) is 35.9 Å². The zero-order valence-corrected chi connectivity index (χ0v) is 10.7. The first-order valence-corrected chi connectivity index (χ1v) is 6.18. The standard InChI is InChI=1S/C14H17NO4/c1-15-8-7-14(13(18)19,9-11(16)17)12(15)10-5-3-2-4-6-10/h2-6,12H,7-9H2,1H3,(H,16,17)(H,18,19)/t12-,14+/m0/s1. The van der Waals surface area contributed by atoms with E-state index < -0.39 is 23.4 Å². The van der Waals surface area contributed by atoms with Crippen molar-refractivity contribution in [3.63, 3.8) is 0 Å². The van der Waals surface area contributed by atoms with E-state index in [4.69, 9.17) is 5.11 Å². The fourth-order valence-electron chi connectivity index (χ4n) is 3.03. The Morgan fingerprint density at radius 1 is 1.32 bits per heavy atom. The van der Waals surface area contributed by atoms with E-state index in [0.717, 1.165) is 5.56 Å². The predicted octanol–water partition coefficient (Wildman–Crippen LogP) is 1.61. The van der Waals surface area contributed by atoms with Crippen molar-refractivity contribution < 1.29 is 19.8 Å². The van der Waals surface area contributed by atoms with Crippen LogP contribution in [0.15, 0.2) is 30.3 Å². The lowest BCUT2D eigenvalue weighted by atomic mass is 9.74. The monoisotopic (exact) mass is 263 g/mol. The van der Waals surface area contributed by atoms with E-state index in [1.807, 2.05) is 42.3 Å². The van der Waals surface area contributed by atoms with E-state index in [2.05, 4.69) is 0 Å². The minimum Gasteiger partial charge on any atom is -0.481 e. The van der Waals surface area contributed by atoms with Crippen LogP contribution in [0, 0.1) is 5.41 Å². The summed E-state index contributed by atoms with van der Waals surface area (Å²) in [6, 6.07) is 8.85. The molecule has 2 N–H and O–H groups in total. The highest BCUT2D eigenvalue weighted by molar-refractivity contribution is 5.83. The van der Waals surface area contributed by atoms with Gasteiger partial charge in [0.2, 0.25) is 0 Å². The number of benzene rings is 1. The average molecular weight is 263 g/mol. The third-order valence-electron chi connectivity index (χ3n) is 3.88. The van der Waals surface area contributed by atoms with Crippen LogP contribution >= 0.6 is 0 Å². The topological polar surface area (TPSA) is 77.8 Å². The van der Waals surface area contributed by atoms with Gasteiger partial charge in [-0.2, -0.15) is 0 Å². The highest BCUT2D eigenvalue weighted by Gasteiger charge is 2.53. The van der Waals surface area contributed by atoms with Gasteiger partial charge in [0, 0.05) is 0 Å². The van der Waals surface area contributed by atoms with Gasteiger partial charge in [-0.15, -0.1) is 0 Å². The summed E-state index contributed by atoms with van der Waals surface area (Å²) in [7, 11) is 1.84. The summed E-state index contributed by atoms with van der Waals surface area (Å²) in [5, 5.41) is 18.6. The molecule has 5 nitrogen and oxygen atoms in total. The lowest BCUT2D eigenvalue weighted by Gasteiger charge is -2.32. The van der Waals surface area contributed by atoms with Crippen molar-refractivity contribution in [3.8, 4) is 0 Å². The van der Waals surface area contributed by atoms with Crippen LogP contribution in [-0.4, -0.2) is 40.6 Å². The van der Waals surface area contributed by atoms with E-state index >= 15 is 0 Å². The fraction of sp³-hybridized carbons (Fsp3) is 0.429. The van der Waals surface area contributed by atoms with Crippen LogP contribution in [-0.2, 0) is 9.59 Å². The minimum atomic E-state index is -1.25. The molecule has 0 radical (unpaired) electrons. The summed E-state index contributed by atoms with van der Waals surface area (Å²) in [5.74, 6) is -2.10. The van der Waals surface area contributed by atoms with Crippen molar-refractivity contribution in [2.24, 2.45) is 5.41 Å². The fourth-order valence-corrected chi connectivity index (χ4v) is 3.03. The van der Waals surface area contributed by atoms with Gasteiger partial charge in [-0.05, 0) is 25.6 Å². The Morgan fingerprint density at radius 2 is 1.95 bits per heavy atom. The van der Waals surface area contributed by atoms with Crippen molar-refractivity contribution >= 4 is 11.9 Å². The third-order valence-corrected chi connectivity index (χ3v) is 3.88. The maximum Gasteiger partial charge on any atom is 0.312 e. The summed E-state index contributed by atoms with van der Waals surface area (Å²) >= 11 is 0.